The van der Waals surface area contributed by atoms with Crippen molar-refractivity contribution in [1.29, 1.82) is 0 Å². The molecule has 1 saturated heterocycles. The second-order valence-corrected chi connectivity index (χ2v) is 4.05. The summed E-state index contributed by atoms with van der Waals surface area (Å²) in [5.74, 6) is -1.60. The highest BCUT2D eigenvalue weighted by Crippen LogP contribution is 2.28. The number of alkyl halides is 2. The summed E-state index contributed by atoms with van der Waals surface area (Å²) in [7, 11) is 0. The second kappa shape index (κ2) is 4.33. The van der Waals surface area contributed by atoms with E-state index in [0.29, 0.717) is 31.7 Å². The molecule has 0 bridgehead atoms. The van der Waals surface area contributed by atoms with Crippen LogP contribution in [0.3, 0.4) is 0 Å². The van der Waals surface area contributed by atoms with Gasteiger partial charge < -0.3 is 4.42 Å². The van der Waals surface area contributed by atoms with Gasteiger partial charge in [0.05, 0.1) is 6.54 Å². The molecular formula is C11H13F2NO2. The molecule has 16 heavy (non-hydrogen) atoms. The molecule has 0 radical (unpaired) electrons. The van der Waals surface area contributed by atoms with Gasteiger partial charge in [0, 0.05) is 25.9 Å². The van der Waals surface area contributed by atoms with Crippen LogP contribution >= 0.6 is 0 Å². The molecule has 5 heteroatoms. The minimum Gasteiger partial charge on any atom is -0.457 e. The lowest BCUT2D eigenvalue weighted by Gasteiger charge is -2.30. The van der Waals surface area contributed by atoms with Crippen LogP contribution in [0.4, 0.5) is 8.78 Å². The number of furan rings is 1. The van der Waals surface area contributed by atoms with Gasteiger partial charge in [0.25, 0.3) is 5.92 Å². The molecule has 0 saturated carbocycles. The van der Waals surface area contributed by atoms with Gasteiger partial charge in [-0.25, -0.2) is 8.78 Å². The van der Waals surface area contributed by atoms with Crippen LogP contribution in [0, 0.1) is 0 Å². The number of halogens is 2. The topological polar surface area (TPSA) is 33.5 Å². The first-order valence-corrected chi connectivity index (χ1v) is 5.23. The van der Waals surface area contributed by atoms with Crippen molar-refractivity contribution in [2.45, 2.75) is 25.3 Å². The highest BCUT2D eigenvalue weighted by molar-refractivity contribution is 5.70. The standard InChI is InChI=1S/C11H13F2NO2/c12-11(13)3-5-14(6-4-11)7-9-1-2-10(8-15)16-9/h1-2,8H,3-7H2. The lowest BCUT2D eigenvalue weighted by molar-refractivity contribution is -0.0575. The number of likely N-dealkylation sites (tertiary alicyclic amines) is 1. The molecule has 1 fully saturated rings. The van der Waals surface area contributed by atoms with Crippen molar-refractivity contribution in [3.8, 4) is 0 Å². The van der Waals surface area contributed by atoms with Gasteiger partial charge in [-0.1, -0.05) is 0 Å². The van der Waals surface area contributed by atoms with Crippen molar-refractivity contribution in [3.05, 3.63) is 23.7 Å². The van der Waals surface area contributed by atoms with E-state index in [0.717, 1.165) is 0 Å². The summed E-state index contributed by atoms with van der Waals surface area (Å²) in [5.41, 5.74) is 0. The maximum Gasteiger partial charge on any atom is 0.250 e. The summed E-state index contributed by atoms with van der Waals surface area (Å²) in [4.78, 5) is 12.3. The summed E-state index contributed by atoms with van der Waals surface area (Å²) in [6.07, 6.45) is 0.427. The smallest absolute Gasteiger partial charge is 0.250 e. The molecular weight excluding hydrogens is 216 g/mol. The Labute approximate surface area is 92.0 Å². The molecule has 0 amide bonds. The van der Waals surface area contributed by atoms with Crippen LogP contribution in [0.5, 0.6) is 0 Å². The fourth-order valence-electron chi connectivity index (χ4n) is 1.80. The quantitative estimate of drug-likeness (QED) is 0.746. The molecule has 1 aliphatic rings. The SMILES string of the molecule is O=Cc1ccc(CN2CCC(F)(F)CC2)o1. The Morgan fingerprint density at radius 3 is 2.62 bits per heavy atom. The van der Waals surface area contributed by atoms with Gasteiger partial charge in [-0.3, -0.25) is 9.69 Å². The van der Waals surface area contributed by atoms with Crippen LogP contribution in [-0.4, -0.2) is 30.2 Å². The van der Waals surface area contributed by atoms with E-state index < -0.39 is 5.92 Å². The molecule has 1 aromatic heterocycles. The fourth-order valence-corrected chi connectivity index (χ4v) is 1.80. The number of carbonyl (C=O) groups is 1. The van der Waals surface area contributed by atoms with E-state index >= 15 is 0 Å². The molecule has 88 valence electrons. The van der Waals surface area contributed by atoms with Crippen LogP contribution in [0.25, 0.3) is 0 Å². The Kier molecular flexibility index (Phi) is 3.05. The largest absolute Gasteiger partial charge is 0.457 e. The first-order chi connectivity index (χ1) is 7.59. The van der Waals surface area contributed by atoms with Gasteiger partial charge in [0.1, 0.15) is 5.76 Å². The predicted octanol–water partition coefficient (Wildman–Crippen LogP) is 2.32. The zero-order valence-electron chi connectivity index (χ0n) is 8.79. The van der Waals surface area contributed by atoms with Crippen LogP contribution in [0.2, 0.25) is 0 Å². The van der Waals surface area contributed by atoms with Crippen molar-refractivity contribution in [2.24, 2.45) is 0 Å². The lowest BCUT2D eigenvalue weighted by Crippen LogP contribution is -2.38. The normalized spacial score (nSPS) is 20.9. The molecule has 0 aliphatic carbocycles. The number of hydrogen-bond acceptors (Lipinski definition) is 3. The third-order valence-corrected chi connectivity index (χ3v) is 2.77. The van der Waals surface area contributed by atoms with Gasteiger partial charge in [-0.2, -0.15) is 0 Å². The fraction of sp³-hybridized carbons (Fsp3) is 0.545. The highest BCUT2D eigenvalue weighted by Gasteiger charge is 2.33. The van der Waals surface area contributed by atoms with Crippen molar-refractivity contribution in [1.82, 2.24) is 4.90 Å². The van der Waals surface area contributed by atoms with E-state index in [9.17, 15) is 13.6 Å². The van der Waals surface area contributed by atoms with Crippen LogP contribution in [-0.2, 0) is 6.54 Å². The van der Waals surface area contributed by atoms with Gasteiger partial charge in [-0.15, -0.1) is 0 Å². The number of aldehydes is 1. The van der Waals surface area contributed by atoms with Crippen molar-refractivity contribution in [3.63, 3.8) is 0 Å². The Morgan fingerprint density at radius 2 is 2.06 bits per heavy atom. The molecule has 3 nitrogen and oxygen atoms in total. The third kappa shape index (κ3) is 2.66. The highest BCUT2D eigenvalue weighted by atomic mass is 19.3. The zero-order chi connectivity index (χ0) is 11.6. The molecule has 0 unspecified atom stereocenters. The minimum atomic E-state index is -2.52. The van der Waals surface area contributed by atoms with Gasteiger partial charge >= 0.3 is 0 Å². The Hall–Kier alpha value is -1.23. The molecule has 0 aromatic carbocycles. The van der Waals surface area contributed by atoms with Gasteiger partial charge in [-0.05, 0) is 12.1 Å². The zero-order valence-corrected chi connectivity index (χ0v) is 8.79. The van der Waals surface area contributed by atoms with Crippen LogP contribution < -0.4 is 0 Å². The predicted molar refractivity (Wildman–Crippen MR) is 53.6 cm³/mol. The maximum atomic E-state index is 12.9. The molecule has 1 aromatic rings. The van der Waals surface area contributed by atoms with E-state index in [1.54, 1.807) is 12.1 Å². The summed E-state index contributed by atoms with van der Waals surface area (Å²) < 4.78 is 30.9. The first-order valence-electron chi connectivity index (χ1n) is 5.23. The molecule has 2 rings (SSSR count). The summed E-state index contributed by atoms with van der Waals surface area (Å²) in [6, 6.07) is 3.29. The van der Waals surface area contributed by atoms with Crippen LogP contribution in [0.1, 0.15) is 29.2 Å². The number of carbonyl (C=O) groups excluding carboxylic acids is 1. The number of nitrogens with zero attached hydrogens (tertiary/aromatic N) is 1. The lowest BCUT2D eigenvalue weighted by atomic mass is 10.1. The number of rotatable bonds is 3. The van der Waals surface area contributed by atoms with Crippen LogP contribution in [0.15, 0.2) is 16.5 Å². The van der Waals surface area contributed by atoms with Gasteiger partial charge in [0.15, 0.2) is 12.0 Å². The molecule has 0 spiro atoms. The number of hydrogen-bond donors (Lipinski definition) is 0. The molecule has 0 N–H and O–H groups in total. The Bertz CT molecular complexity index is 366. The minimum absolute atomic E-state index is 0.103. The molecule has 2 heterocycles. The van der Waals surface area contributed by atoms with Crippen molar-refractivity contribution >= 4 is 6.29 Å². The van der Waals surface area contributed by atoms with E-state index in [-0.39, 0.29) is 18.6 Å². The van der Waals surface area contributed by atoms with E-state index in [1.807, 2.05) is 4.90 Å². The molecule has 1 aliphatic heterocycles. The third-order valence-electron chi connectivity index (χ3n) is 2.77. The average Bonchev–Trinajstić information content (AvgIpc) is 2.69. The summed E-state index contributed by atoms with van der Waals surface area (Å²) in [6.45, 7) is 1.22. The van der Waals surface area contributed by atoms with E-state index in [1.165, 1.54) is 0 Å². The monoisotopic (exact) mass is 229 g/mol. The maximum absolute atomic E-state index is 12.9. The average molecular weight is 229 g/mol. The number of piperidine rings is 1. The Balaban J connectivity index is 1.89. The van der Waals surface area contributed by atoms with Gasteiger partial charge in [0.2, 0.25) is 0 Å². The summed E-state index contributed by atoms with van der Waals surface area (Å²) in [5, 5.41) is 0. The van der Waals surface area contributed by atoms with E-state index in [4.69, 9.17) is 4.42 Å². The summed E-state index contributed by atoms with van der Waals surface area (Å²) >= 11 is 0. The van der Waals surface area contributed by atoms with E-state index in [2.05, 4.69) is 0 Å². The van der Waals surface area contributed by atoms with Crippen molar-refractivity contribution < 1.29 is 18.0 Å². The van der Waals surface area contributed by atoms with Crippen molar-refractivity contribution in [2.75, 3.05) is 13.1 Å². The Morgan fingerprint density at radius 1 is 1.38 bits per heavy atom. The first kappa shape index (κ1) is 11.3. The second-order valence-electron chi connectivity index (χ2n) is 4.05. The molecule has 0 atom stereocenters.